The number of aromatic hydroxyl groups is 1. The van der Waals surface area contributed by atoms with Crippen molar-refractivity contribution < 1.29 is 10.2 Å². The zero-order valence-electron chi connectivity index (χ0n) is 4.97. The van der Waals surface area contributed by atoms with E-state index in [1.807, 2.05) is 22.9 Å². The standard InChI is InChI=1S/C6H6INO2/c7-8-4-1-2-5(9)6(10)3-4/h1-3,8-10H/p-1. The number of phenols is 1. The van der Waals surface area contributed by atoms with Gasteiger partial charge < -0.3 is 13.7 Å². The van der Waals surface area contributed by atoms with E-state index in [2.05, 4.69) is 3.53 Å². The summed E-state index contributed by atoms with van der Waals surface area (Å²) < 4.78 is 2.77. The van der Waals surface area contributed by atoms with E-state index in [1.54, 1.807) is 6.07 Å². The molecule has 0 radical (unpaired) electrons. The van der Waals surface area contributed by atoms with Crippen molar-refractivity contribution in [1.29, 1.82) is 0 Å². The molecule has 1 rings (SSSR count). The van der Waals surface area contributed by atoms with Crippen molar-refractivity contribution in [2.24, 2.45) is 0 Å². The van der Waals surface area contributed by atoms with Gasteiger partial charge in [-0.25, -0.2) is 0 Å². The van der Waals surface area contributed by atoms with Gasteiger partial charge in [-0.15, -0.1) is 0 Å². The van der Waals surface area contributed by atoms with Crippen LogP contribution in [0.4, 0.5) is 5.69 Å². The molecule has 0 spiro atoms. The first-order chi connectivity index (χ1) is 4.74. The highest BCUT2D eigenvalue weighted by atomic mass is 127. The van der Waals surface area contributed by atoms with Crippen LogP contribution in [-0.4, -0.2) is 5.11 Å². The first-order valence-corrected chi connectivity index (χ1v) is 3.68. The van der Waals surface area contributed by atoms with Crippen LogP contribution in [0.15, 0.2) is 18.2 Å². The second-order valence-electron chi connectivity index (χ2n) is 1.78. The van der Waals surface area contributed by atoms with Crippen LogP contribution in [0.1, 0.15) is 0 Å². The zero-order chi connectivity index (χ0) is 7.56. The molecule has 0 amide bonds. The SMILES string of the molecule is [O-]c1ccc(NI)cc1O. The lowest BCUT2D eigenvalue weighted by Crippen LogP contribution is -1.89. The topological polar surface area (TPSA) is 55.3 Å². The third-order valence-electron chi connectivity index (χ3n) is 1.07. The van der Waals surface area contributed by atoms with Crippen molar-refractivity contribution in [2.75, 3.05) is 3.53 Å². The van der Waals surface area contributed by atoms with Gasteiger partial charge in [0.2, 0.25) is 0 Å². The van der Waals surface area contributed by atoms with Crippen LogP contribution in [0.25, 0.3) is 0 Å². The van der Waals surface area contributed by atoms with Gasteiger partial charge in [-0.1, -0.05) is 11.8 Å². The molecule has 2 N–H and O–H groups in total. The summed E-state index contributed by atoms with van der Waals surface area (Å²) in [5, 5.41) is 19.5. The first-order valence-electron chi connectivity index (χ1n) is 2.60. The fourth-order valence-electron chi connectivity index (χ4n) is 0.576. The van der Waals surface area contributed by atoms with Crippen LogP contribution < -0.4 is 8.64 Å². The Morgan fingerprint density at radius 3 is 2.70 bits per heavy atom. The highest BCUT2D eigenvalue weighted by Gasteiger charge is 1.91. The highest BCUT2D eigenvalue weighted by molar-refractivity contribution is 14.1. The number of benzene rings is 1. The van der Waals surface area contributed by atoms with Crippen LogP contribution in [0, 0.1) is 0 Å². The average Bonchev–Trinajstić information content (AvgIpc) is 1.95. The van der Waals surface area contributed by atoms with E-state index in [9.17, 15) is 5.11 Å². The van der Waals surface area contributed by atoms with Gasteiger partial charge in [0.1, 0.15) is 5.75 Å². The molecule has 0 atom stereocenters. The third-order valence-corrected chi connectivity index (χ3v) is 1.69. The van der Waals surface area contributed by atoms with Crippen LogP contribution >= 0.6 is 22.9 Å². The van der Waals surface area contributed by atoms with Gasteiger partial charge in [0.25, 0.3) is 0 Å². The molecule has 0 fully saturated rings. The van der Waals surface area contributed by atoms with Gasteiger partial charge in [-0.2, -0.15) is 0 Å². The zero-order valence-corrected chi connectivity index (χ0v) is 7.12. The summed E-state index contributed by atoms with van der Waals surface area (Å²) >= 11 is 1.92. The van der Waals surface area contributed by atoms with Gasteiger partial charge in [-0.05, 0) is 6.07 Å². The minimum Gasteiger partial charge on any atom is -0.870 e. The number of halogens is 1. The van der Waals surface area contributed by atoms with Gasteiger partial charge >= 0.3 is 0 Å². The van der Waals surface area contributed by atoms with Crippen molar-refractivity contribution in [3.05, 3.63) is 18.2 Å². The van der Waals surface area contributed by atoms with Crippen molar-refractivity contribution in [2.45, 2.75) is 0 Å². The smallest absolute Gasteiger partial charge is 0.109 e. The summed E-state index contributed by atoms with van der Waals surface area (Å²) in [6, 6.07) is 4.31. The molecule has 0 saturated carbocycles. The Bertz CT molecular complexity index is 239. The molecule has 10 heavy (non-hydrogen) atoms. The third kappa shape index (κ3) is 1.44. The first kappa shape index (κ1) is 7.46. The number of phenolic OH excluding ortho intramolecular Hbond substituents is 1. The molecular formula is C6H5INO2-. The Morgan fingerprint density at radius 2 is 2.20 bits per heavy atom. The molecule has 54 valence electrons. The monoisotopic (exact) mass is 250 g/mol. The largest absolute Gasteiger partial charge is 0.870 e. The Balaban J connectivity index is 3.04. The van der Waals surface area contributed by atoms with Crippen LogP contribution in [0.3, 0.4) is 0 Å². The molecule has 0 aliphatic carbocycles. The predicted octanol–water partition coefficient (Wildman–Crippen LogP) is 1.23. The molecule has 1 aromatic carbocycles. The van der Waals surface area contributed by atoms with Gasteiger partial charge in [0.15, 0.2) is 0 Å². The molecule has 1 aromatic rings. The summed E-state index contributed by atoms with van der Waals surface area (Å²) in [5.74, 6) is -0.572. The number of hydrogen-bond acceptors (Lipinski definition) is 3. The average molecular weight is 250 g/mol. The summed E-state index contributed by atoms with van der Waals surface area (Å²) in [6.45, 7) is 0. The normalized spacial score (nSPS) is 9.30. The maximum absolute atomic E-state index is 10.6. The minimum atomic E-state index is -0.351. The van der Waals surface area contributed by atoms with Crippen molar-refractivity contribution in [3.8, 4) is 11.5 Å². The second kappa shape index (κ2) is 2.96. The van der Waals surface area contributed by atoms with E-state index in [-0.39, 0.29) is 11.5 Å². The lowest BCUT2D eigenvalue weighted by Gasteiger charge is -2.08. The number of nitrogens with one attached hydrogen (secondary N) is 1. The highest BCUT2D eigenvalue weighted by Crippen LogP contribution is 2.25. The molecule has 0 saturated heterocycles. The van der Waals surface area contributed by atoms with E-state index in [1.165, 1.54) is 12.1 Å². The fourth-order valence-corrected chi connectivity index (χ4v) is 0.912. The summed E-state index contributed by atoms with van der Waals surface area (Å²) in [4.78, 5) is 0. The van der Waals surface area contributed by atoms with E-state index < -0.39 is 0 Å². The van der Waals surface area contributed by atoms with Gasteiger partial charge in [0.05, 0.1) is 22.9 Å². The molecule has 0 unspecified atom stereocenters. The van der Waals surface area contributed by atoms with E-state index in [4.69, 9.17) is 5.11 Å². The molecule has 0 aromatic heterocycles. The summed E-state index contributed by atoms with van der Waals surface area (Å²) in [5.41, 5.74) is 0.720. The maximum Gasteiger partial charge on any atom is 0.109 e. The number of rotatable bonds is 1. The Labute approximate surface area is 72.2 Å². The molecule has 0 bridgehead atoms. The van der Waals surface area contributed by atoms with Crippen LogP contribution in [-0.2, 0) is 0 Å². The van der Waals surface area contributed by atoms with E-state index >= 15 is 0 Å². The maximum atomic E-state index is 10.6. The molecule has 4 heteroatoms. The van der Waals surface area contributed by atoms with Gasteiger partial charge in [0, 0.05) is 11.8 Å². The molecule has 0 aliphatic heterocycles. The quantitative estimate of drug-likeness (QED) is 0.582. The van der Waals surface area contributed by atoms with Gasteiger partial charge in [-0.3, -0.25) is 0 Å². The van der Waals surface area contributed by atoms with Crippen molar-refractivity contribution in [3.63, 3.8) is 0 Å². The van der Waals surface area contributed by atoms with E-state index in [0.29, 0.717) is 0 Å². The lowest BCUT2D eigenvalue weighted by atomic mass is 10.3. The second-order valence-corrected chi connectivity index (χ2v) is 2.32. The van der Waals surface area contributed by atoms with Crippen LogP contribution in [0.2, 0.25) is 0 Å². The molecule has 3 nitrogen and oxygen atoms in total. The van der Waals surface area contributed by atoms with Crippen molar-refractivity contribution in [1.82, 2.24) is 0 Å². The molecular weight excluding hydrogens is 245 g/mol. The lowest BCUT2D eigenvalue weighted by molar-refractivity contribution is -0.270. The van der Waals surface area contributed by atoms with E-state index in [0.717, 1.165) is 5.69 Å². The van der Waals surface area contributed by atoms with Crippen molar-refractivity contribution >= 4 is 28.6 Å². The minimum absolute atomic E-state index is 0.221. The Morgan fingerprint density at radius 1 is 1.50 bits per heavy atom. The van der Waals surface area contributed by atoms with Crippen LogP contribution in [0.5, 0.6) is 11.5 Å². The summed E-state index contributed by atoms with van der Waals surface area (Å²) in [6.07, 6.45) is 0. The summed E-state index contributed by atoms with van der Waals surface area (Å²) in [7, 11) is 0. The molecule has 0 aliphatic rings. The molecule has 0 heterocycles. The Hall–Kier alpha value is -0.650. The number of anilines is 1. The Kier molecular flexibility index (Phi) is 2.21. The predicted molar refractivity (Wildman–Crippen MR) is 45.2 cm³/mol. The number of hydrogen-bond donors (Lipinski definition) is 2. The fraction of sp³-hybridized carbons (Fsp3) is 0.